The number of nitro groups is 1. The van der Waals surface area contributed by atoms with Crippen LogP contribution >= 0.6 is 0 Å². The molecule has 3 aromatic rings. The molecule has 1 aliphatic heterocycles. The predicted octanol–water partition coefficient (Wildman–Crippen LogP) is 4.40. The van der Waals surface area contributed by atoms with E-state index < -0.39 is 4.92 Å². The number of morpholine rings is 1. The Labute approximate surface area is 168 Å². The van der Waals surface area contributed by atoms with Gasteiger partial charge in [0.15, 0.2) is 5.78 Å². The van der Waals surface area contributed by atoms with Crippen molar-refractivity contribution in [2.24, 2.45) is 0 Å². The molecule has 6 nitrogen and oxygen atoms in total. The van der Waals surface area contributed by atoms with Crippen LogP contribution in [0.3, 0.4) is 0 Å². The number of nitro benzene ring substituents is 1. The minimum absolute atomic E-state index is 0.0690. The van der Waals surface area contributed by atoms with Gasteiger partial charge in [0, 0.05) is 30.3 Å². The van der Waals surface area contributed by atoms with Crippen LogP contribution in [0.25, 0.3) is 0 Å². The molecule has 0 bridgehead atoms. The van der Waals surface area contributed by atoms with Gasteiger partial charge in [-0.15, -0.1) is 0 Å². The number of carbonyl (C=O) groups excluding carboxylic acids is 1. The maximum Gasteiger partial charge on any atom is 0.293 e. The second kappa shape index (κ2) is 8.24. The van der Waals surface area contributed by atoms with E-state index >= 15 is 0 Å². The molecule has 29 heavy (non-hydrogen) atoms. The average molecular weight is 388 g/mol. The van der Waals surface area contributed by atoms with Crippen molar-refractivity contribution in [3.63, 3.8) is 0 Å². The molecule has 3 aromatic carbocycles. The molecule has 146 valence electrons. The minimum atomic E-state index is -0.426. The summed E-state index contributed by atoms with van der Waals surface area (Å²) in [5, 5.41) is 11.8. The van der Waals surface area contributed by atoms with Gasteiger partial charge in [0.2, 0.25) is 0 Å². The van der Waals surface area contributed by atoms with Crippen molar-refractivity contribution in [3.05, 3.63) is 106 Å². The Morgan fingerprint density at radius 2 is 1.66 bits per heavy atom. The zero-order chi connectivity index (χ0) is 20.2. The van der Waals surface area contributed by atoms with Crippen LogP contribution in [-0.2, 0) is 4.74 Å². The highest BCUT2D eigenvalue weighted by atomic mass is 16.6. The van der Waals surface area contributed by atoms with E-state index in [4.69, 9.17) is 4.74 Å². The standard InChI is InChI=1S/C23H20N2O4/c26-23(18-9-5-2-6-10-18)19-11-12-20(21(15-19)25(27)28)24-13-14-29-22(16-24)17-7-3-1-4-8-17/h1-12,15,22H,13-14,16H2/t22-/m1/s1. The molecule has 0 saturated carbocycles. The summed E-state index contributed by atoms with van der Waals surface area (Å²) in [6, 6.07) is 23.3. The number of rotatable bonds is 5. The number of carbonyl (C=O) groups is 1. The first-order valence-electron chi connectivity index (χ1n) is 9.43. The smallest absolute Gasteiger partial charge is 0.293 e. The molecular formula is C23H20N2O4. The molecule has 0 unspecified atom stereocenters. The molecule has 0 amide bonds. The fraction of sp³-hybridized carbons (Fsp3) is 0.174. The quantitative estimate of drug-likeness (QED) is 0.368. The molecular weight excluding hydrogens is 368 g/mol. The van der Waals surface area contributed by atoms with E-state index in [0.29, 0.717) is 36.5 Å². The summed E-state index contributed by atoms with van der Waals surface area (Å²) in [6.45, 7) is 1.54. The van der Waals surface area contributed by atoms with Crippen LogP contribution in [0.2, 0.25) is 0 Å². The van der Waals surface area contributed by atoms with Gasteiger partial charge >= 0.3 is 0 Å². The van der Waals surface area contributed by atoms with Crippen LogP contribution in [-0.4, -0.2) is 30.4 Å². The van der Waals surface area contributed by atoms with Crippen molar-refractivity contribution in [1.29, 1.82) is 0 Å². The topological polar surface area (TPSA) is 72.7 Å². The van der Waals surface area contributed by atoms with Gasteiger partial charge in [-0.05, 0) is 17.7 Å². The number of nitrogens with zero attached hydrogens (tertiary/aromatic N) is 2. The lowest BCUT2D eigenvalue weighted by Gasteiger charge is -2.34. The second-order valence-electron chi connectivity index (χ2n) is 6.87. The van der Waals surface area contributed by atoms with Crippen LogP contribution in [0.1, 0.15) is 27.6 Å². The maximum atomic E-state index is 12.7. The molecule has 1 saturated heterocycles. The van der Waals surface area contributed by atoms with Gasteiger partial charge in [-0.2, -0.15) is 0 Å². The Hall–Kier alpha value is -3.51. The van der Waals surface area contributed by atoms with Gasteiger partial charge in [-0.1, -0.05) is 60.7 Å². The summed E-state index contributed by atoms with van der Waals surface area (Å²) in [5.74, 6) is -0.232. The third-order valence-corrected chi connectivity index (χ3v) is 5.05. The van der Waals surface area contributed by atoms with E-state index in [-0.39, 0.29) is 17.6 Å². The van der Waals surface area contributed by atoms with Gasteiger partial charge in [-0.3, -0.25) is 14.9 Å². The Kier molecular flexibility index (Phi) is 5.35. The van der Waals surface area contributed by atoms with Gasteiger partial charge in [0.1, 0.15) is 11.8 Å². The Morgan fingerprint density at radius 1 is 0.966 bits per heavy atom. The van der Waals surface area contributed by atoms with Crippen molar-refractivity contribution >= 4 is 17.2 Å². The van der Waals surface area contributed by atoms with Crippen molar-refractivity contribution in [2.75, 3.05) is 24.6 Å². The molecule has 0 aromatic heterocycles. The number of hydrogen-bond donors (Lipinski definition) is 0. The fourth-order valence-corrected chi connectivity index (χ4v) is 3.57. The highest BCUT2D eigenvalue weighted by Gasteiger charge is 2.28. The van der Waals surface area contributed by atoms with Crippen molar-refractivity contribution in [2.45, 2.75) is 6.10 Å². The monoisotopic (exact) mass is 388 g/mol. The van der Waals surface area contributed by atoms with Crippen LogP contribution in [0, 0.1) is 10.1 Å². The van der Waals surface area contributed by atoms with Crippen LogP contribution < -0.4 is 4.90 Å². The van der Waals surface area contributed by atoms with Crippen molar-refractivity contribution < 1.29 is 14.5 Å². The summed E-state index contributed by atoms with van der Waals surface area (Å²) in [5.41, 5.74) is 2.28. The normalized spacial score (nSPS) is 16.4. The van der Waals surface area contributed by atoms with E-state index in [1.54, 1.807) is 36.4 Å². The maximum absolute atomic E-state index is 12.7. The van der Waals surface area contributed by atoms with E-state index in [1.165, 1.54) is 6.07 Å². The van der Waals surface area contributed by atoms with Gasteiger partial charge in [0.05, 0.1) is 11.5 Å². The van der Waals surface area contributed by atoms with Crippen LogP contribution in [0.5, 0.6) is 0 Å². The lowest BCUT2D eigenvalue weighted by Crippen LogP contribution is -2.38. The molecule has 0 aliphatic carbocycles. The third kappa shape index (κ3) is 4.02. The summed E-state index contributed by atoms with van der Waals surface area (Å²) >= 11 is 0. The number of ether oxygens (including phenoxy) is 1. The highest BCUT2D eigenvalue weighted by molar-refractivity contribution is 6.09. The molecule has 0 radical (unpaired) electrons. The van der Waals surface area contributed by atoms with E-state index in [9.17, 15) is 14.9 Å². The minimum Gasteiger partial charge on any atom is -0.370 e. The zero-order valence-electron chi connectivity index (χ0n) is 15.7. The first kappa shape index (κ1) is 18.8. The average Bonchev–Trinajstić information content (AvgIpc) is 2.79. The summed E-state index contributed by atoms with van der Waals surface area (Å²) in [4.78, 5) is 26.0. The van der Waals surface area contributed by atoms with E-state index in [2.05, 4.69) is 0 Å². The molecule has 0 N–H and O–H groups in total. The largest absolute Gasteiger partial charge is 0.370 e. The lowest BCUT2D eigenvalue weighted by molar-refractivity contribution is -0.384. The molecule has 0 spiro atoms. The Balaban J connectivity index is 1.63. The van der Waals surface area contributed by atoms with Gasteiger partial charge < -0.3 is 9.64 Å². The van der Waals surface area contributed by atoms with Crippen molar-refractivity contribution in [3.8, 4) is 0 Å². The van der Waals surface area contributed by atoms with Crippen LogP contribution in [0.15, 0.2) is 78.9 Å². The third-order valence-electron chi connectivity index (χ3n) is 5.05. The SMILES string of the molecule is O=C(c1ccccc1)c1ccc(N2CCO[C@@H](c3ccccc3)C2)c([N+](=O)[O-])c1. The molecule has 1 heterocycles. The van der Waals surface area contributed by atoms with Crippen LogP contribution in [0.4, 0.5) is 11.4 Å². The first-order chi connectivity index (χ1) is 14.1. The second-order valence-corrected chi connectivity index (χ2v) is 6.87. The summed E-state index contributed by atoms with van der Waals surface area (Å²) in [6.07, 6.45) is -0.157. The van der Waals surface area contributed by atoms with E-state index in [1.807, 2.05) is 41.3 Å². The summed E-state index contributed by atoms with van der Waals surface area (Å²) < 4.78 is 5.87. The molecule has 1 atom stereocenters. The van der Waals surface area contributed by atoms with Crippen molar-refractivity contribution in [1.82, 2.24) is 0 Å². The highest BCUT2D eigenvalue weighted by Crippen LogP contribution is 2.33. The van der Waals surface area contributed by atoms with Gasteiger partial charge in [-0.25, -0.2) is 0 Å². The van der Waals surface area contributed by atoms with E-state index in [0.717, 1.165) is 5.56 Å². The molecule has 4 rings (SSSR count). The summed E-state index contributed by atoms with van der Waals surface area (Å²) in [7, 11) is 0. The fourth-order valence-electron chi connectivity index (χ4n) is 3.57. The number of hydrogen-bond acceptors (Lipinski definition) is 5. The lowest BCUT2D eigenvalue weighted by atomic mass is 10.0. The number of anilines is 1. The predicted molar refractivity (Wildman–Crippen MR) is 110 cm³/mol. The number of benzene rings is 3. The molecule has 1 fully saturated rings. The zero-order valence-corrected chi connectivity index (χ0v) is 15.7. The first-order valence-corrected chi connectivity index (χ1v) is 9.43. The molecule has 1 aliphatic rings. The van der Waals surface area contributed by atoms with Gasteiger partial charge in [0.25, 0.3) is 5.69 Å². The number of ketones is 1. The molecule has 6 heteroatoms. The Morgan fingerprint density at radius 3 is 2.34 bits per heavy atom. The Bertz CT molecular complexity index is 1020.